The molecule has 0 bridgehead atoms. The van der Waals surface area contributed by atoms with Crippen molar-refractivity contribution in [3.8, 4) is 0 Å². The molecule has 0 atom stereocenters. The highest BCUT2D eigenvalue weighted by atomic mass is 16.2. The molecule has 0 spiro atoms. The Morgan fingerprint density at radius 1 is 1.43 bits per heavy atom. The van der Waals surface area contributed by atoms with Crippen LogP contribution in [0.1, 0.15) is 18.4 Å². The second-order valence-corrected chi connectivity index (χ2v) is 4.05. The van der Waals surface area contributed by atoms with Gasteiger partial charge in [-0.2, -0.15) is 0 Å². The molecular weight excluding hydrogens is 180 g/mol. The van der Waals surface area contributed by atoms with E-state index in [1.165, 1.54) is 24.5 Å². The molecule has 1 heterocycles. The summed E-state index contributed by atoms with van der Waals surface area (Å²) in [5, 5.41) is 0. The van der Waals surface area contributed by atoms with Crippen molar-refractivity contribution in [3.05, 3.63) is 32.6 Å². The van der Waals surface area contributed by atoms with Crippen LogP contribution in [0.25, 0.3) is 0 Å². The zero-order valence-electron chi connectivity index (χ0n) is 8.49. The molecule has 0 aromatic carbocycles. The summed E-state index contributed by atoms with van der Waals surface area (Å²) < 4.78 is 2.83. The summed E-state index contributed by atoms with van der Waals surface area (Å²) in [6.45, 7) is 2.50. The van der Waals surface area contributed by atoms with Gasteiger partial charge in [0.2, 0.25) is 0 Å². The SMILES string of the molecule is Cc1cn(CC2CC2)c(=O)n(C)c1=O. The topological polar surface area (TPSA) is 44.0 Å². The van der Waals surface area contributed by atoms with Crippen molar-refractivity contribution in [3.63, 3.8) is 0 Å². The van der Waals surface area contributed by atoms with Gasteiger partial charge in [-0.05, 0) is 25.7 Å². The third-order valence-corrected chi connectivity index (χ3v) is 2.68. The smallest absolute Gasteiger partial charge is 0.300 e. The lowest BCUT2D eigenvalue weighted by atomic mass is 10.3. The molecule has 0 aliphatic heterocycles. The molecule has 1 saturated carbocycles. The molecule has 0 amide bonds. The van der Waals surface area contributed by atoms with E-state index in [1.807, 2.05) is 0 Å². The molecule has 1 aliphatic rings. The van der Waals surface area contributed by atoms with E-state index in [4.69, 9.17) is 0 Å². The maximum atomic E-state index is 11.6. The van der Waals surface area contributed by atoms with Gasteiger partial charge >= 0.3 is 5.69 Å². The van der Waals surface area contributed by atoms with Crippen molar-refractivity contribution >= 4 is 0 Å². The summed E-state index contributed by atoms with van der Waals surface area (Å²) >= 11 is 0. The van der Waals surface area contributed by atoms with E-state index in [0.717, 1.165) is 6.54 Å². The number of nitrogens with zero attached hydrogens (tertiary/aromatic N) is 2. The highest BCUT2D eigenvalue weighted by molar-refractivity contribution is 5.02. The first-order valence-corrected chi connectivity index (χ1v) is 4.86. The van der Waals surface area contributed by atoms with Crippen LogP contribution in [0.2, 0.25) is 0 Å². The predicted octanol–water partition coefficient (Wildman–Crippen LogP) is 0.265. The Morgan fingerprint density at radius 3 is 2.64 bits per heavy atom. The molecule has 76 valence electrons. The van der Waals surface area contributed by atoms with Crippen LogP contribution in [-0.2, 0) is 13.6 Å². The van der Waals surface area contributed by atoms with Crippen LogP contribution in [0.5, 0.6) is 0 Å². The first-order valence-electron chi connectivity index (χ1n) is 4.86. The molecule has 0 saturated heterocycles. The lowest BCUT2D eigenvalue weighted by Crippen LogP contribution is -2.39. The molecule has 1 aromatic heterocycles. The highest BCUT2D eigenvalue weighted by Gasteiger charge is 2.22. The standard InChI is InChI=1S/C10H14N2O2/c1-7-5-12(6-8-3-4-8)10(14)11(2)9(7)13/h5,8H,3-4,6H2,1-2H3. The number of rotatable bonds is 2. The van der Waals surface area contributed by atoms with Crippen LogP contribution in [0.4, 0.5) is 0 Å². The van der Waals surface area contributed by atoms with Crippen molar-refractivity contribution < 1.29 is 0 Å². The number of aryl methyl sites for hydroxylation is 1. The van der Waals surface area contributed by atoms with Crippen molar-refractivity contribution in [1.82, 2.24) is 9.13 Å². The minimum Gasteiger partial charge on any atom is -0.300 e. The monoisotopic (exact) mass is 194 g/mol. The van der Waals surface area contributed by atoms with Crippen LogP contribution in [0.3, 0.4) is 0 Å². The number of aromatic nitrogens is 2. The second-order valence-electron chi connectivity index (χ2n) is 4.05. The summed E-state index contributed by atoms with van der Waals surface area (Å²) in [6.07, 6.45) is 4.08. The highest BCUT2D eigenvalue weighted by Crippen LogP contribution is 2.29. The fourth-order valence-electron chi connectivity index (χ4n) is 1.60. The maximum Gasteiger partial charge on any atom is 0.330 e. The van der Waals surface area contributed by atoms with Gasteiger partial charge in [-0.25, -0.2) is 4.79 Å². The third kappa shape index (κ3) is 1.52. The normalized spacial score (nSPS) is 15.9. The Morgan fingerprint density at radius 2 is 2.07 bits per heavy atom. The molecule has 4 heteroatoms. The maximum absolute atomic E-state index is 11.6. The van der Waals surface area contributed by atoms with Gasteiger partial charge in [0.1, 0.15) is 0 Å². The molecule has 2 rings (SSSR count). The molecule has 1 aromatic rings. The van der Waals surface area contributed by atoms with Gasteiger partial charge < -0.3 is 0 Å². The fraction of sp³-hybridized carbons (Fsp3) is 0.600. The molecular formula is C10H14N2O2. The van der Waals surface area contributed by atoms with Crippen LogP contribution < -0.4 is 11.2 Å². The molecule has 14 heavy (non-hydrogen) atoms. The Kier molecular flexibility index (Phi) is 2.06. The second kappa shape index (κ2) is 3.12. The Bertz CT molecular complexity index is 466. The predicted molar refractivity (Wildman–Crippen MR) is 53.4 cm³/mol. The van der Waals surface area contributed by atoms with Gasteiger partial charge in [-0.3, -0.25) is 13.9 Å². The number of hydrogen-bond acceptors (Lipinski definition) is 2. The summed E-state index contributed by atoms with van der Waals surface area (Å²) in [5.41, 5.74) is 0.238. The lowest BCUT2D eigenvalue weighted by Gasteiger charge is -2.07. The fourth-order valence-corrected chi connectivity index (χ4v) is 1.60. The Hall–Kier alpha value is -1.32. The summed E-state index contributed by atoms with van der Waals surface area (Å²) in [6, 6.07) is 0. The van der Waals surface area contributed by atoms with Crippen molar-refractivity contribution in [2.45, 2.75) is 26.3 Å². The average Bonchev–Trinajstić information content (AvgIpc) is 2.94. The quantitative estimate of drug-likeness (QED) is 0.678. The van der Waals surface area contributed by atoms with E-state index >= 15 is 0 Å². The molecule has 0 N–H and O–H groups in total. The van der Waals surface area contributed by atoms with Crippen molar-refractivity contribution in [1.29, 1.82) is 0 Å². The molecule has 1 aliphatic carbocycles. The number of hydrogen-bond donors (Lipinski definition) is 0. The summed E-state index contributed by atoms with van der Waals surface area (Å²) in [5.74, 6) is 0.643. The molecule has 0 unspecified atom stereocenters. The van der Waals surface area contributed by atoms with Crippen LogP contribution in [0, 0.1) is 12.8 Å². The summed E-state index contributed by atoms with van der Waals surface area (Å²) in [4.78, 5) is 23.0. The van der Waals surface area contributed by atoms with E-state index in [0.29, 0.717) is 11.5 Å². The van der Waals surface area contributed by atoms with E-state index < -0.39 is 0 Å². The molecule has 0 radical (unpaired) electrons. The van der Waals surface area contributed by atoms with Gasteiger partial charge in [0.25, 0.3) is 5.56 Å². The van der Waals surface area contributed by atoms with Gasteiger partial charge in [-0.1, -0.05) is 0 Å². The van der Waals surface area contributed by atoms with Gasteiger partial charge in [0.05, 0.1) is 0 Å². The Balaban J connectivity index is 2.49. The first kappa shape index (κ1) is 9.24. The van der Waals surface area contributed by atoms with E-state index in [2.05, 4.69) is 0 Å². The molecule has 1 fully saturated rings. The van der Waals surface area contributed by atoms with Crippen molar-refractivity contribution in [2.75, 3.05) is 0 Å². The summed E-state index contributed by atoms with van der Waals surface area (Å²) in [7, 11) is 1.53. The van der Waals surface area contributed by atoms with E-state index in [-0.39, 0.29) is 11.2 Å². The van der Waals surface area contributed by atoms with Crippen LogP contribution >= 0.6 is 0 Å². The zero-order valence-corrected chi connectivity index (χ0v) is 8.49. The van der Waals surface area contributed by atoms with E-state index in [9.17, 15) is 9.59 Å². The average molecular weight is 194 g/mol. The zero-order chi connectivity index (χ0) is 10.3. The van der Waals surface area contributed by atoms with E-state index in [1.54, 1.807) is 17.7 Å². The molecule has 4 nitrogen and oxygen atoms in total. The van der Waals surface area contributed by atoms with Gasteiger partial charge in [0.15, 0.2) is 0 Å². The van der Waals surface area contributed by atoms with Crippen molar-refractivity contribution in [2.24, 2.45) is 13.0 Å². The minimum absolute atomic E-state index is 0.193. The first-order chi connectivity index (χ1) is 6.59. The van der Waals surface area contributed by atoms with Gasteiger partial charge in [-0.15, -0.1) is 0 Å². The Labute approximate surface area is 81.8 Å². The largest absolute Gasteiger partial charge is 0.330 e. The van der Waals surface area contributed by atoms with Gasteiger partial charge in [0, 0.05) is 25.4 Å². The lowest BCUT2D eigenvalue weighted by molar-refractivity contribution is 0.555. The van der Waals surface area contributed by atoms with Crippen LogP contribution in [-0.4, -0.2) is 9.13 Å². The third-order valence-electron chi connectivity index (χ3n) is 2.68. The minimum atomic E-state index is -0.201. The van der Waals surface area contributed by atoms with Crippen LogP contribution in [0.15, 0.2) is 15.8 Å².